The fraction of sp³-hybridized carbons (Fsp3) is 0.179. The SMILES string of the molecule is CC(NC(=O)CCCc1ncc(-c2ccccc2)o1)c1ccc(NC(=O)c2ccc(F)cc2)cc1. The minimum atomic E-state index is -0.392. The van der Waals surface area contributed by atoms with Crippen molar-refractivity contribution in [3.63, 3.8) is 0 Å². The maximum absolute atomic E-state index is 13.0. The lowest BCUT2D eigenvalue weighted by Crippen LogP contribution is -2.26. The lowest BCUT2D eigenvalue weighted by molar-refractivity contribution is -0.121. The third-order valence-corrected chi connectivity index (χ3v) is 5.56. The standard InChI is InChI=1S/C28H26FN3O3/c1-19(20-12-16-24(17-13-20)32-28(34)22-10-14-23(29)15-11-22)31-26(33)8-5-9-27-30-18-25(35-27)21-6-3-2-4-7-21/h2-4,6-7,10-19H,5,8-9H2,1H3,(H,31,33)(H,32,34). The Kier molecular flexibility index (Phi) is 7.67. The van der Waals surface area contributed by atoms with Crippen molar-refractivity contribution in [1.29, 1.82) is 0 Å². The lowest BCUT2D eigenvalue weighted by Gasteiger charge is -2.15. The highest BCUT2D eigenvalue weighted by Crippen LogP contribution is 2.21. The quantitative estimate of drug-likeness (QED) is 0.317. The van der Waals surface area contributed by atoms with Crippen molar-refractivity contribution in [2.45, 2.75) is 32.2 Å². The minimum absolute atomic E-state index is 0.0546. The molecule has 4 aromatic rings. The van der Waals surface area contributed by atoms with E-state index in [-0.39, 0.29) is 17.9 Å². The molecule has 0 aliphatic heterocycles. The van der Waals surface area contributed by atoms with Crippen LogP contribution >= 0.6 is 0 Å². The minimum Gasteiger partial charge on any atom is -0.441 e. The summed E-state index contributed by atoms with van der Waals surface area (Å²) in [5, 5.41) is 5.77. The van der Waals surface area contributed by atoms with Crippen LogP contribution in [0.1, 0.15) is 47.6 Å². The van der Waals surface area contributed by atoms with Crippen molar-refractivity contribution in [2.75, 3.05) is 5.32 Å². The van der Waals surface area contributed by atoms with Crippen molar-refractivity contribution in [2.24, 2.45) is 0 Å². The summed E-state index contributed by atoms with van der Waals surface area (Å²) < 4.78 is 18.8. The number of carbonyl (C=O) groups excluding carboxylic acids is 2. The molecule has 3 aromatic carbocycles. The molecule has 4 rings (SSSR count). The number of carbonyl (C=O) groups is 2. The van der Waals surface area contributed by atoms with Gasteiger partial charge in [0, 0.05) is 29.7 Å². The average molecular weight is 472 g/mol. The van der Waals surface area contributed by atoms with Gasteiger partial charge < -0.3 is 15.1 Å². The van der Waals surface area contributed by atoms with Gasteiger partial charge in [0.1, 0.15) is 5.82 Å². The fourth-order valence-corrected chi connectivity index (χ4v) is 3.62. The number of aromatic nitrogens is 1. The second kappa shape index (κ2) is 11.2. The van der Waals surface area contributed by atoms with Gasteiger partial charge in [-0.2, -0.15) is 0 Å². The molecular weight excluding hydrogens is 445 g/mol. The molecule has 178 valence electrons. The summed E-state index contributed by atoms with van der Waals surface area (Å²) in [5.74, 6) is 0.567. The Labute approximate surface area is 203 Å². The Balaban J connectivity index is 1.22. The Morgan fingerprint density at radius 1 is 0.971 bits per heavy atom. The summed E-state index contributed by atoms with van der Waals surface area (Å²) in [6.45, 7) is 1.91. The molecular formula is C28H26FN3O3. The van der Waals surface area contributed by atoms with Crippen molar-refractivity contribution in [3.05, 3.63) is 108 Å². The van der Waals surface area contributed by atoms with E-state index < -0.39 is 5.82 Å². The fourth-order valence-electron chi connectivity index (χ4n) is 3.62. The molecule has 6 nitrogen and oxygen atoms in total. The zero-order valence-corrected chi connectivity index (χ0v) is 19.3. The Bertz CT molecular complexity index is 1270. The molecule has 0 bridgehead atoms. The van der Waals surface area contributed by atoms with Crippen molar-refractivity contribution >= 4 is 17.5 Å². The number of halogens is 1. The summed E-state index contributed by atoms with van der Waals surface area (Å²) in [6, 6.07) is 22.2. The number of amides is 2. The average Bonchev–Trinajstić information content (AvgIpc) is 3.34. The Hall–Kier alpha value is -4.26. The summed E-state index contributed by atoms with van der Waals surface area (Å²) >= 11 is 0. The molecule has 0 fully saturated rings. The van der Waals surface area contributed by atoms with E-state index in [0.717, 1.165) is 16.9 Å². The van der Waals surface area contributed by atoms with E-state index in [0.29, 0.717) is 36.4 Å². The van der Waals surface area contributed by atoms with Crippen LogP contribution in [0.5, 0.6) is 0 Å². The van der Waals surface area contributed by atoms with Gasteiger partial charge in [0.05, 0.1) is 12.2 Å². The predicted molar refractivity (Wildman–Crippen MR) is 132 cm³/mol. The number of hydrogen-bond donors (Lipinski definition) is 2. The maximum atomic E-state index is 13.0. The highest BCUT2D eigenvalue weighted by Gasteiger charge is 2.12. The molecule has 0 spiro atoms. The first-order valence-electron chi connectivity index (χ1n) is 11.4. The molecule has 0 radical (unpaired) electrons. The van der Waals surface area contributed by atoms with Crippen LogP contribution in [0.15, 0.2) is 89.5 Å². The molecule has 7 heteroatoms. The second-order valence-corrected chi connectivity index (χ2v) is 8.21. The van der Waals surface area contributed by atoms with Crippen LogP contribution in [0.2, 0.25) is 0 Å². The van der Waals surface area contributed by atoms with E-state index >= 15 is 0 Å². The number of nitrogens with zero attached hydrogens (tertiary/aromatic N) is 1. The highest BCUT2D eigenvalue weighted by atomic mass is 19.1. The molecule has 1 aromatic heterocycles. The molecule has 2 N–H and O–H groups in total. The van der Waals surface area contributed by atoms with Crippen LogP contribution in [0.25, 0.3) is 11.3 Å². The van der Waals surface area contributed by atoms with Crippen LogP contribution in [0.3, 0.4) is 0 Å². The van der Waals surface area contributed by atoms with E-state index in [1.54, 1.807) is 18.3 Å². The van der Waals surface area contributed by atoms with Crippen molar-refractivity contribution in [3.8, 4) is 11.3 Å². The second-order valence-electron chi connectivity index (χ2n) is 8.21. The van der Waals surface area contributed by atoms with Crippen LogP contribution in [0, 0.1) is 5.82 Å². The van der Waals surface area contributed by atoms with Gasteiger partial charge in [0.2, 0.25) is 5.91 Å². The number of hydrogen-bond acceptors (Lipinski definition) is 4. The first-order valence-corrected chi connectivity index (χ1v) is 11.4. The molecule has 0 saturated heterocycles. The van der Waals surface area contributed by atoms with Crippen LogP contribution < -0.4 is 10.6 Å². The van der Waals surface area contributed by atoms with E-state index in [1.165, 1.54) is 24.3 Å². The smallest absolute Gasteiger partial charge is 0.255 e. The van der Waals surface area contributed by atoms with E-state index in [2.05, 4.69) is 15.6 Å². The van der Waals surface area contributed by atoms with Gasteiger partial charge in [-0.15, -0.1) is 0 Å². The number of rotatable bonds is 9. The Morgan fingerprint density at radius 2 is 1.69 bits per heavy atom. The van der Waals surface area contributed by atoms with Crippen molar-refractivity contribution in [1.82, 2.24) is 10.3 Å². The number of nitrogens with one attached hydrogen (secondary N) is 2. The van der Waals surface area contributed by atoms with Gasteiger partial charge in [-0.3, -0.25) is 9.59 Å². The molecule has 1 unspecified atom stereocenters. The molecule has 35 heavy (non-hydrogen) atoms. The van der Waals surface area contributed by atoms with Crippen LogP contribution in [0.4, 0.5) is 10.1 Å². The molecule has 1 atom stereocenters. The van der Waals surface area contributed by atoms with E-state index in [4.69, 9.17) is 4.42 Å². The third kappa shape index (κ3) is 6.63. The van der Waals surface area contributed by atoms with Crippen LogP contribution in [-0.4, -0.2) is 16.8 Å². The third-order valence-electron chi connectivity index (χ3n) is 5.56. The van der Waals surface area contributed by atoms with Gasteiger partial charge in [-0.1, -0.05) is 42.5 Å². The summed E-state index contributed by atoms with van der Waals surface area (Å²) in [6.07, 6.45) is 3.27. The van der Waals surface area contributed by atoms with Gasteiger partial charge in [0.25, 0.3) is 5.91 Å². The molecule has 1 heterocycles. The first-order chi connectivity index (χ1) is 17.0. The summed E-state index contributed by atoms with van der Waals surface area (Å²) in [7, 11) is 0. The summed E-state index contributed by atoms with van der Waals surface area (Å²) in [4.78, 5) is 29.0. The molecule has 0 saturated carbocycles. The Morgan fingerprint density at radius 3 is 2.40 bits per heavy atom. The number of oxazole rings is 1. The summed E-state index contributed by atoms with van der Waals surface area (Å²) in [5.41, 5.74) is 2.87. The number of aryl methyl sites for hydroxylation is 1. The number of benzene rings is 3. The highest BCUT2D eigenvalue weighted by molar-refractivity contribution is 6.04. The van der Waals surface area contributed by atoms with Crippen LogP contribution in [-0.2, 0) is 11.2 Å². The monoisotopic (exact) mass is 471 g/mol. The van der Waals surface area contributed by atoms with Gasteiger partial charge >= 0.3 is 0 Å². The number of anilines is 1. The lowest BCUT2D eigenvalue weighted by atomic mass is 10.1. The normalized spacial score (nSPS) is 11.6. The van der Waals surface area contributed by atoms with Crippen molar-refractivity contribution < 1.29 is 18.4 Å². The molecule has 0 aliphatic rings. The maximum Gasteiger partial charge on any atom is 0.255 e. The zero-order valence-electron chi connectivity index (χ0n) is 19.3. The first kappa shape index (κ1) is 23.9. The largest absolute Gasteiger partial charge is 0.441 e. The van der Waals surface area contributed by atoms with E-state index in [1.807, 2.05) is 49.4 Å². The van der Waals surface area contributed by atoms with Gasteiger partial charge in [0.15, 0.2) is 11.7 Å². The van der Waals surface area contributed by atoms with Gasteiger partial charge in [-0.25, -0.2) is 9.37 Å². The molecule has 2 amide bonds. The topological polar surface area (TPSA) is 84.2 Å². The molecule has 0 aliphatic carbocycles. The van der Waals surface area contributed by atoms with E-state index in [9.17, 15) is 14.0 Å². The predicted octanol–water partition coefficient (Wildman–Crippen LogP) is 5.93. The van der Waals surface area contributed by atoms with Gasteiger partial charge in [-0.05, 0) is 55.3 Å². The zero-order chi connectivity index (χ0) is 24.6.